The first-order valence-electron chi connectivity index (χ1n) is 5.53. The maximum atomic E-state index is 11.9. The van der Waals surface area contributed by atoms with Gasteiger partial charge >= 0.3 is 0 Å². The third-order valence-corrected chi connectivity index (χ3v) is 3.27. The molecule has 3 heteroatoms. The second-order valence-corrected chi connectivity index (χ2v) is 5.52. The maximum Gasteiger partial charge on any atom is 0.224 e. The lowest BCUT2D eigenvalue weighted by Crippen LogP contribution is -2.48. The highest BCUT2D eigenvalue weighted by atomic mass is 16.2. The van der Waals surface area contributed by atoms with E-state index in [4.69, 9.17) is 0 Å². The Balaban J connectivity index is 2.15. The molecule has 0 spiro atoms. The number of likely N-dealkylation sites (tertiary alicyclic amines) is 1. The minimum atomic E-state index is -0.0246. The van der Waals surface area contributed by atoms with E-state index in [2.05, 4.69) is 26.1 Å². The summed E-state index contributed by atoms with van der Waals surface area (Å²) in [5.74, 6) is 0.317. The smallest absolute Gasteiger partial charge is 0.224 e. The zero-order valence-corrected chi connectivity index (χ0v) is 9.34. The van der Waals surface area contributed by atoms with Crippen LogP contribution >= 0.6 is 0 Å². The van der Waals surface area contributed by atoms with Crippen molar-refractivity contribution >= 4 is 5.91 Å². The van der Waals surface area contributed by atoms with Gasteiger partial charge < -0.3 is 10.2 Å². The van der Waals surface area contributed by atoms with E-state index in [0.29, 0.717) is 24.4 Å². The predicted molar refractivity (Wildman–Crippen MR) is 56.0 cm³/mol. The van der Waals surface area contributed by atoms with Crippen LogP contribution in [0.25, 0.3) is 0 Å². The molecule has 1 amide bonds. The molecule has 2 heterocycles. The number of hydrogen-bond donors (Lipinski definition) is 1. The van der Waals surface area contributed by atoms with Crippen molar-refractivity contribution < 1.29 is 4.79 Å². The Morgan fingerprint density at radius 1 is 1.29 bits per heavy atom. The van der Waals surface area contributed by atoms with Crippen LogP contribution < -0.4 is 5.32 Å². The summed E-state index contributed by atoms with van der Waals surface area (Å²) in [6.45, 7) is 7.23. The molecular weight excluding hydrogens is 176 g/mol. The van der Waals surface area contributed by atoms with Gasteiger partial charge in [0.2, 0.25) is 5.91 Å². The Kier molecular flexibility index (Phi) is 2.30. The molecule has 2 fully saturated rings. The van der Waals surface area contributed by atoms with Gasteiger partial charge in [0.25, 0.3) is 0 Å². The highest BCUT2D eigenvalue weighted by molar-refractivity contribution is 5.78. The SMILES string of the molecule is CC(C)(C)N1CC2CCC(CC1=O)N2. The number of hydrogen-bond acceptors (Lipinski definition) is 2. The molecule has 2 rings (SSSR count). The minimum Gasteiger partial charge on any atom is -0.336 e. The molecule has 2 unspecified atom stereocenters. The van der Waals surface area contributed by atoms with E-state index >= 15 is 0 Å². The highest BCUT2D eigenvalue weighted by Crippen LogP contribution is 2.25. The third-order valence-electron chi connectivity index (χ3n) is 3.27. The Labute approximate surface area is 85.8 Å². The maximum absolute atomic E-state index is 11.9. The summed E-state index contributed by atoms with van der Waals surface area (Å²) in [4.78, 5) is 14.0. The molecule has 2 saturated heterocycles. The molecular formula is C11H20N2O. The Bertz CT molecular complexity index is 244. The standard InChI is InChI=1S/C11H20N2O/c1-11(2,3)13-7-9-5-4-8(12-9)6-10(13)14/h8-9,12H,4-7H2,1-3H3. The predicted octanol–water partition coefficient (Wildman–Crippen LogP) is 1.14. The van der Waals surface area contributed by atoms with E-state index in [1.807, 2.05) is 4.90 Å². The molecule has 0 aromatic heterocycles. The van der Waals surface area contributed by atoms with Crippen LogP contribution in [0.4, 0.5) is 0 Å². The summed E-state index contributed by atoms with van der Waals surface area (Å²) in [5, 5.41) is 3.52. The summed E-state index contributed by atoms with van der Waals surface area (Å²) in [5.41, 5.74) is -0.0246. The van der Waals surface area contributed by atoms with Crippen LogP contribution in [0.5, 0.6) is 0 Å². The van der Waals surface area contributed by atoms with E-state index in [0.717, 1.165) is 6.54 Å². The van der Waals surface area contributed by atoms with Crippen molar-refractivity contribution in [2.75, 3.05) is 6.54 Å². The lowest BCUT2D eigenvalue weighted by atomic mass is 10.0. The van der Waals surface area contributed by atoms with Gasteiger partial charge in [-0.3, -0.25) is 4.79 Å². The van der Waals surface area contributed by atoms with Crippen molar-refractivity contribution in [3.63, 3.8) is 0 Å². The van der Waals surface area contributed by atoms with Gasteiger partial charge in [-0.1, -0.05) is 0 Å². The van der Waals surface area contributed by atoms with E-state index < -0.39 is 0 Å². The van der Waals surface area contributed by atoms with Crippen LogP contribution in [-0.2, 0) is 4.79 Å². The molecule has 80 valence electrons. The van der Waals surface area contributed by atoms with Gasteiger partial charge in [0.1, 0.15) is 0 Å². The minimum absolute atomic E-state index is 0.0246. The average Bonchev–Trinajstić information content (AvgIpc) is 2.36. The Morgan fingerprint density at radius 3 is 2.57 bits per heavy atom. The first-order valence-corrected chi connectivity index (χ1v) is 5.53. The molecule has 0 saturated carbocycles. The molecule has 0 radical (unpaired) electrons. The van der Waals surface area contributed by atoms with E-state index in [1.54, 1.807) is 0 Å². The molecule has 1 N–H and O–H groups in total. The fourth-order valence-electron chi connectivity index (χ4n) is 2.50. The molecule has 0 aromatic rings. The number of rotatable bonds is 0. The molecule has 2 atom stereocenters. The van der Waals surface area contributed by atoms with Gasteiger partial charge in [0, 0.05) is 30.6 Å². The number of amides is 1. The molecule has 14 heavy (non-hydrogen) atoms. The number of nitrogens with one attached hydrogen (secondary N) is 1. The second-order valence-electron chi connectivity index (χ2n) is 5.52. The quantitative estimate of drug-likeness (QED) is 0.630. The number of carbonyl (C=O) groups is 1. The van der Waals surface area contributed by atoms with E-state index in [9.17, 15) is 4.79 Å². The fraction of sp³-hybridized carbons (Fsp3) is 0.909. The van der Waals surface area contributed by atoms with Crippen molar-refractivity contribution in [3.8, 4) is 0 Å². The largest absolute Gasteiger partial charge is 0.336 e. The summed E-state index contributed by atoms with van der Waals surface area (Å²) in [6, 6.07) is 0.977. The van der Waals surface area contributed by atoms with Crippen molar-refractivity contribution in [3.05, 3.63) is 0 Å². The van der Waals surface area contributed by atoms with Crippen LogP contribution in [0.15, 0.2) is 0 Å². The summed E-state index contributed by atoms with van der Waals surface area (Å²) in [6.07, 6.45) is 3.09. The van der Waals surface area contributed by atoms with E-state index in [1.165, 1.54) is 12.8 Å². The molecule has 2 bridgehead atoms. The monoisotopic (exact) mass is 196 g/mol. The first kappa shape index (κ1) is 9.97. The molecule has 3 nitrogen and oxygen atoms in total. The van der Waals surface area contributed by atoms with Crippen LogP contribution in [0.3, 0.4) is 0 Å². The van der Waals surface area contributed by atoms with Crippen molar-refractivity contribution in [2.24, 2.45) is 0 Å². The normalized spacial score (nSPS) is 33.4. The van der Waals surface area contributed by atoms with Gasteiger partial charge in [0.15, 0.2) is 0 Å². The second kappa shape index (κ2) is 3.23. The highest BCUT2D eigenvalue weighted by Gasteiger charge is 2.37. The molecule has 2 aliphatic heterocycles. The van der Waals surface area contributed by atoms with Crippen LogP contribution in [0.2, 0.25) is 0 Å². The van der Waals surface area contributed by atoms with Crippen molar-refractivity contribution in [1.82, 2.24) is 10.2 Å². The summed E-state index contributed by atoms with van der Waals surface area (Å²) >= 11 is 0. The Hall–Kier alpha value is -0.570. The number of fused-ring (bicyclic) bond motifs is 2. The molecule has 0 aliphatic carbocycles. The lowest BCUT2D eigenvalue weighted by molar-refractivity contribution is -0.136. The molecule has 2 aliphatic rings. The average molecular weight is 196 g/mol. The van der Waals surface area contributed by atoms with Gasteiger partial charge in [-0.25, -0.2) is 0 Å². The molecule has 0 aromatic carbocycles. The summed E-state index contributed by atoms with van der Waals surface area (Å²) in [7, 11) is 0. The third kappa shape index (κ3) is 1.78. The van der Waals surface area contributed by atoms with Gasteiger partial charge in [-0.15, -0.1) is 0 Å². The summed E-state index contributed by atoms with van der Waals surface area (Å²) < 4.78 is 0. The zero-order valence-electron chi connectivity index (χ0n) is 9.34. The first-order chi connectivity index (χ1) is 6.47. The number of carbonyl (C=O) groups excluding carboxylic acids is 1. The fourth-order valence-corrected chi connectivity index (χ4v) is 2.50. The van der Waals surface area contributed by atoms with E-state index in [-0.39, 0.29) is 5.54 Å². The van der Waals surface area contributed by atoms with Crippen molar-refractivity contribution in [2.45, 2.75) is 57.7 Å². The number of nitrogens with zero attached hydrogens (tertiary/aromatic N) is 1. The Morgan fingerprint density at radius 2 is 1.93 bits per heavy atom. The topological polar surface area (TPSA) is 32.3 Å². The van der Waals surface area contributed by atoms with Crippen molar-refractivity contribution in [1.29, 1.82) is 0 Å². The van der Waals surface area contributed by atoms with Crippen LogP contribution in [-0.4, -0.2) is 35.0 Å². The van der Waals surface area contributed by atoms with Crippen LogP contribution in [0.1, 0.15) is 40.0 Å². The van der Waals surface area contributed by atoms with Crippen LogP contribution in [0, 0.1) is 0 Å². The zero-order chi connectivity index (χ0) is 10.3. The van der Waals surface area contributed by atoms with Gasteiger partial charge in [0.05, 0.1) is 0 Å². The lowest BCUT2D eigenvalue weighted by Gasteiger charge is -2.36. The van der Waals surface area contributed by atoms with Gasteiger partial charge in [-0.05, 0) is 33.6 Å². The van der Waals surface area contributed by atoms with Gasteiger partial charge in [-0.2, -0.15) is 0 Å².